The third-order valence-electron chi connectivity index (χ3n) is 5.57. The van der Waals surface area contributed by atoms with Gasteiger partial charge >= 0.3 is 0 Å². The Morgan fingerprint density at radius 1 is 0.909 bits per heavy atom. The van der Waals surface area contributed by atoms with Crippen molar-refractivity contribution in [2.45, 2.75) is 78.8 Å². The molecule has 0 aliphatic heterocycles. The number of furan rings is 1. The van der Waals surface area contributed by atoms with Crippen LogP contribution < -0.4 is 0 Å². The monoisotopic (exact) mass is 458 g/mol. The molecule has 2 rings (SSSR count). The van der Waals surface area contributed by atoms with E-state index in [-0.39, 0.29) is 30.1 Å². The number of carbonyl (C=O) groups excluding carboxylic acids is 2. The number of carbonyl (C=O) groups is 2. The van der Waals surface area contributed by atoms with E-state index in [1.807, 2.05) is 6.07 Å². The Morgan fingerprint density at radius 2 is 1.61 bits per heavy atom. The predicted octanol–water partition coefficient (Wildman–Crippen LogP) is 6.18. The second-order valence-electron chi connectivity index (χ2n) is 9.14. The highest BCUT2D eigenvalue weighted by atomic mass is 19.1. The molecule has 182 valence electrons. The van der Waals surface area contributed by atoms with Crippen LogP contribution in [0, 0.1) is 11.7 Å². The molecule has 0 spiro atoms. The topological polar surface area (TPSA) is 53.8 Å². The van der Waals surface area contributed by atoms with Crippen LogP contribution in [0.1, 0.15) is 77.0 Å². The van der Waals surface area contributed by atoms with E-state index in [2.05, 4.69) is 20.8 Å². The first-order valence-electron chi connectivity index (χ1n) is 12.2. The van der Waals surface area contributed by atoms with Gasteiger partial charge in [-0.1, -0.05) is 65.0 Å². The molecule has 0 radical (unpaired) electrons. The van der Waals surface area contributed by atoms with Crippen molar-refractivity contribution in [2.75, 3.05) is 13.1 Å². The predicted molar refractivity (Wildman–Crippen MR) is 129 cm³/mol. The minimum Gasteiger partial charge on any atom is -0.467 e. The summed E-state index contributed by atoms with van der Waals surface area (Å²) in [7, 11) is 0. The highest BCUT2D eigenvalue weighted by Gasteiger charge is 2.23. The molecular formula is C27H39FN2O3. The minimum atomic E-state index is -0.314. The smallest absolute Gasteiger partial charge is 0.242 e. The first kappa shape index (κ1) is 26.6. The van der Waals surface area contributed by atoms with Gasteiger partial charge in [-0.05, 0) is 42.2 Å². The third-order valence-corrected chi connectivity index (χ3v) is 5.57. The lowest BCUT2D eigenvalue weighted by atomic mass is 10.1. The molecule has 0 N–H and O–H groups in total. The van der Waals surface area contributed by atoms with Crippen molar-refractivity contribution in [2.24, 2.45) is 5.92 Å². The Morgan fingerprint density at radius 3 is 2.24 bits per heavy atom. The number of unbranched alkanes of at least 4 members (excludes halogenated alkanes) is 5. The van der Waals surface area contributed by atoms with Gasteiger partial charge in [-0.2, -0.15) is 0 Å². The van der Waals surface area contributed by atoms with E-state index in [9.17, 15) is 14.0 Å². The van der Waals surface area contributed by atoms with E-state index in [0.717, 1.165) is 24.8 Å². The average Bonchev–Trinajstić information content (AvgIpc) is 3.29. The zero-order valence-electron chi connectivity index (χ0n) is 20.4. The SMILES string of the molecule is CCCCCCCCC(=O)N(CC(=O)N(Cc1ccc(F)cc1)Cc1ccco1)CC(C)C. The van der Waals surface area contributed by atoms with E-state index in [1.54, 1.807) is 34.3 Å². The number of rotatable bonds is 15. The fraction of sp³-hybridized carbons (Fsp3) is 0.556. The Kier molecular flexibility index (Phi) is 11.7. The molecule has 1 heterocycles. The number of nitrogens with zero attached hydrogens (tertiary/aromatic N) is 2. The van der Waals surface area contributed by atoms with Crippen LogP contribution in [-0.4, -0.2) is 34.7 Å². The summed E-state index contributed by atoms with van der Waals surface area (Å²) in [6.45, 7) is 7.49. The second-order valence-corrected chi connectivity index (χ2v) is 9.14. The Balaban J connectivity index is 2.02. The number of hydrogen-bond donors (Lipinski definition) is 0. The fourth-order valence-corrected chi connectivity index (χ4v) is 3.81. The molecule has 0 aliphatic rings. The average molecular weight is 459 g/mol. The maximum atomic E-state index is 13.3. The van der Waals surface area contributed by atoms with Crippen molar-refractivity contribution in [3.05, 3.63) is 59.8 Å². The van der Waals surface area contributed by atoms with E-state index in [0.29, 0.717) is 31.8 Å². The Labute approximate surface area is 197 Å². The maximum Gasteiger partial charge on any atom is 0.242 e. The molecule has 33 heavy (non-hydrogen) atoms. The van der Waals surface area contributed by atoms with Crippen LogP contribution in [-0.2, 0) is 22.7 Å². The van der Waals surface area contributed by atoms with Gasteiger partial charge in [-0.3, -0.25) is 9.59 Å². The van der Waals surface area contributed by atoms with Gasteiger partial charge in [0.1, 0.15) is 11.6 Å². The molecule has 0 saturated carbocycles. The van der Waals surface area contributed by atoms with Crippen molar-refractivity contribution >= 4 is 11.8 Å². The molecule has 1 aromatic carbocycles. The van der Waals surface area contributed by atoms with Crippen LogP contribution in [0.5, 0.6) is 0 Å². The Bertz CT molecular complexity index is 818. The number of benzene rings is 1. The van der Waals surface area contributed by atoms with Gasteiger partial charge in [0.2, 0.25) is 11.8 Å². The fourth-order valence-electron chi connectivity index (χ4n) is 3.81. The summed E-state index contributed by atoms with van der Waals surface area (Å²) in [6.07, 6.45) is 8.76. The maximum absolute atomic E-state index is 13.3. The molecule has 0 saturated heterocycles. The van der Waals surface area contributed by atoms with Crippen molar-refractivity contribution < 1.29 is 18.4 Å². The van der Waals surface area contributed by atoms with Gasteiger partial charge in [0.05, 0.1) is 19.4 Å². The zero-order chi connectivity index (χ0) is 24.1. The van der Waals surface area contributed by atoms with E-state index < -0.39 is 0 Å². The van der Waals surface area contributed by atoms with E-state index in [4.69, 9.17) is 4.42 Å². The number of halogens is 1. The highest BCUT2D eigenvalue weighted by molar-refractivity contribution is 5.84. The lowest BCUT2D eigenvalue weighted by molar-refractivity contribution is -0.141. The number of hydrogen-bond acceptors (Lipinski definition) is 3. The first-order valence-corrected chi connectivity index (χ1v) is 12.2. The molecule has 0 unspecified atom stereocenters. The van der Waals surface area contributed by atoms with E-state index >= 15 is 0 Å². The van der Waals surface area contributed by atoms with Gasteiger partial charge < -0.3 is 14.2 Å². The normalized spacial score (nSPS) is 11.1. The molecule has 2 aromatic rings. The van der Waals surface area contributed by atoms with Gasteiger partial charge in [0, 0.05) is 19.5 Å². The van der Waals surface area contributed by atoms with Gasteiger partial charge in [0.25, 0.3) is 0 Å². The summed E-state index contributed by atoms with van der Waals surface area (Å²) < 4.78 is 18.8. The quantitative estimate of drug-likeness (QED) is 0.299. The van der Waals surface area contributed by atoms with Crippen LogP contribution in [0.2, 0.25) is 0 Å². The number of amides is 2. The summed E-state index contributed by atoms with van der Waals surface area (Å²) in [5.41, 5.74) is 0.824. The van der Waals surface area contributed by atoms with Crippen molar-refractivity contribution in [1.29, 1.82) is 0 Å². The van der Waals surface area contributed by atoms with Gasteiger partial charge in [-0.15, -0.1) is 0 Å². The molecule has 6 heteroatoms. The van der Waals surface area contributed by atoms with Crippen LogP contribution in [0.4, 0.5) is 4.39 Å². The molecule has 5 nitrogen and oxygen atoms in total. The Hall–Kier alpha value is -2.63. The lowest BCUT2D eigenvalue weighted by Gasteiger charge is -2.28. The zero-order valence-corrected chi connectivity index (χ0v) is 20.4. The van der Waals surface area contributed by atoms with Crippen molar-refractivity contribution in [3.63, 3.8) is 0 Å². The van der Waals surface area contributed by atoms with Gasteiger partial charge in [-0.25, -0.2) is 4.39 Å². The molecule has 2 amide bonds. The molecule has 0 bridgehead atoms. The lowest BCUT2D eigenvalue weighted by Crippen LogP contribution is -2.43. The highest BCUT2D eigenvalue weighted by Crippen LogP contribution is 2.14. The van der Waals surface area contributed by atoms with Crippen LogP contribution in [0.15, 0.2) is 47.1 Å². The largest absolute Gasteiger partial charge is 0.467 e. The third kappa shape index (κ3) is 10.2. The van der Waals surface area contributed by atoms with Crippen molar-refractivity contribution in [1.82, 2.24) is 9.80 Å². The summed E-state index contributed by atoms with van der Waals surface area (Å²) in [5.74, 6) is 0.507. The summed E-state index contributed by atoms with van der Waals surface area (Å²) in [5, 5.41) is 0. The van der Waals surface area contributed by atoms with Gasteiger partial charge in [0.15, 0.2) is 0 Å². The van der Waals surface area contributed by atoms with Crippen LogP contribution in [0.3, 0.4) is 0 Å². The summed E-state index contributed by atoms with van der Waals surface area (Å²) in [4.78, 5) is 29.6. The summed E-state index contributed by atoms with van der Waals surface area (Å²) in [6, 6.07) is 9.73. The molecule has 1 aromatic heterocycles. The first-order chi connectivity index (χ1) is 15.9. The minimum absolute atomic E-state index is 0.0345. The standard InChI is InChI=1S/C27H39FN2O3/c1-4-5-6-7-8-9-12-26(31)29(18-22(2)3)21-27(32)30(20-25-11-10-17-33-25)19-23-13-15-24(28)16-14-23/h10-11,13-17,22H,4-9,12,18-21H2,1-3H3. The van der Waals surface area contributed by atoms with Crippen LogP contribution >= 0.6 is 0 Å². The van der Waals surface area contributed by atoms with Crippen molar-refractivity contribution in [3.8, 4) is 0 Å². The summed E-state index contributed by atoms with van der Waals surface area (Å²) >= 11 is 0. The molecule has 0 aliphatic carbocycles. The molecule has 0 atom stereocenters. The van der Waals surface area contributed by atoms with Crippen LogP contribution in [0.25, 0.3) is 0 Å². The second kappa shape index (κ2) is 14.5. The molecular weight excluding hydrogens is 419 g/mol. The molecule has 0 fully saturated rings. The van der Waals surface area contributed by atoms with E-state index in [1.165, 1.54) is 31.4 Å².